The Labute approximate surface area is 166 Å². The first kappa shape index (κ1) is 20.3. The molecule has 0 spiro atoms. The third kappa shape index (κ3) is 4.70. The van der Waals surface area contributed by atoms with E-state index in [4.69, 9.17) is 17.0 Å². The van der Waals surface area contributed by atoms with Crippen LogP contribution < -0.4 is 15.4 Å². The number of anilines is 1. The second-order valence-electron chi connectivity index (χ2n) is 6.78. The highest BCUT2D eigenvalue weighted by Crippen LogP contribution is 2.40. The standard InChI is InChI=1S/C19H21F3N4OS/c1-27-15-11-14(19(20,21)22)24-16(25-15)26-17(28)23-12-18(9-5-6-10-18)13-7-3-2-4-8-13/h2-4,7-8,11H,5-6,9-10,12H2,1H3,(H2,23,24,25,26,28). The molecule has 0 amide bonds. The van der Waals surface area contributed by atoms with E-state index < -0.39 is 11.9 Å². The molecule has 2 aromatic rings. The summed E-state index contributed by atoms with van der Waals surface area (Å²) in [5, 5.41) is 5.94. The van der Waals surface area contributed by atoms with Gasteiger partial charge >= 0.3 is 6.18 Å². The minimum Gasteiger partial charge on any atom is -0.481 e. The Kier molecular flexibility index (Phi) is 6.02. The maximum atomic E-state index is 13.0. The van der Waals surface area contributed by atoms with Gasteiger partial charge in [0.25, 0.3) is 0 Å². The zero-order valence-electron chi connectivity index (χ0n) is 15.3. The van der Waals surface area contributed by atoms with Crippen LogP contribution in [0.4, 0.5) is 19.1 Å². The van der Waals surface area contributed by atoms with E-state index in [-0.39, 0.29) is 22.4 Å². The first-order valence-electron chi connectivity index (χ1n) is 8.93. The Morgan fingerprint density at radius 1 is 1.18 bits per heavy atom. The Hall–Kier alpha value is -2.42. The number of nitrogens with one attached hydrogen (secondary N) is 2. The van der Waals surface area contributed by atoms with Gasteiger partial charge in [0.05, 0.1) is 7.11 Å². The monoisotopic (exact) mass is 410 g/mol. The molecular formula is C19H21F3N4OS. The number of methoxy groups -OCH3 is 1. The van der Waals surface area contributed by atoms with Gasteiger partial charge in [-0.15, -0.1) is 0 Å². The van der Waals surface area contributed by atoms with Crippen LogP contribution in [0.25, 0.3) is 0 Å². The van der Waals surface area contributed by atoms with Crippen molar-refractivity contribution in [3.8, 4) is 5.88 Å². The van der Waals surface area contributed by atoms with Gasteiger partial charge in [-0.05, 0) is 30.6 Å². The van der Waals surface area contributed by atoms with Crippen LogP contribution >= 0.6 is 12.2 Å². The molecule has 1 aliphatic carbocycles. The Balaban J connectivity index is 1.70. The summed E-state index contributed by atoms with van der Waals surface area (Å²) < 4.78 is 43.8. The van der Waals surface area contributed by atoms with Gasteiger partial charge in [-0.25, -0.2) is 4.98 Å². The lowest BCUT2D eigenvalue weighted by molar-refractivity contribution is -0.141. The van der Waals surface area contributed by atoms with Gasteiger partial charge in [-0.3, -0.25) is 0 Å². The highest BCUT2D eigenvalue weighted by molar-refractivity contribution is 7.80. The summed E-state index contributed by atoms with van der Waals surface area (Å²) in [6.45, 7) is 0.582. The van der Waals surface area contributed by atoms with Gasteiger partial charge in [-0.1, -0.05) is 43.2 Å². The van der Waals surface area contributed by atoms with E-state index in [0.29, 0.717) is 6.54 Å². The molecule has 0 saturated heterocycles. The molecule has 150 valence electrons. The minimum atomic E-state index is -4.61. The van der Waals surface area contributed by atoms with Crippen molar-refractivity contribution in [2.75, 3.05) is 19.0 Å². The van der Waals surface area contributed by atoms with E-state index in [1.165, 1.54) is 12.7 Å². The summed E-state index contributed by atoms with van der Waals surface area (Å²) >= 11 is 5.26. The average molecular weight is 410 g/mol. The van der Waals surface area contributed by atoms with Gasteiger partial charge in [-0.2, -0.15) is 18.2 Å². The maximum absolute atomic E-state index is 13.0. The van der Waals surface area contributed by atoms with Gasteiger partial charge in [0.15, 0.2) is 10.8 Å². The van der Waals surface area contributed by atoms with E-state index in [9.17, 15) is 13.2 Å². The lowest BCUT2D eigenvalue weighted by Crippen LogP contribution is -2.41. The number of hydrogen-bond acceptors (Lipinski definition) is 4. The molecule has 1 aliphatic rings. The highest BCUT2D eigenvalue weighted by Gasteiger charge is 2.36. The largest absolute Gasteiger partial charge is 0.481 e. The number of ether oxygens (including phenoxy) is 1. The predicted octanol–water partition coefficient (Wildman–Crippen LogP) is 4.30. The summed E-state index contributed by atoms with van der Waals surface area (Å²) in [4.78, 5) is 7.38. The summed E-state index contributed by atoms with van der Waals surface area (Å²) in [5.41, 5.74) is 0.0975. The molecule has 0 atom stereocenters. The Morgan fingerprint density at radius 2 is 1.86 bits per heavy atom. The number of halogens is 3. The van der Waals surface area contributed by atoms with Gasteiger partial charge in [0.2, 0.25) is 11.8 Å². The van der Waals surface area contributed by atoms with Crippen molar-refractivity contribution in [1.82, 2.24) is 15.3 Å². The summed E-state index contributed by atoms with van der Waals surface area (Å²) in [6, 6.07) is 10.9. The molecule has 1 aromatic carbocycles. The van der Waals surface area contributed by atoms with Crippen molar-refractivity contribution in [3.63, 3.8) is 0 Å². The van der Waals surface area contributed by atoms with Gasteiger partial charge in [0, 0.05) is 18.0 Å². The van der Waals surface area contributed by atoms with E-state index in [1.54, 1.807) is 0 Å². The first-order chi connectivity index (χ1) is 13.3. The molecular weight excluding hydrogens is 389 g/mol. The van der Waals surface area contributed by atoms with Crippen LogP contribution in [0.3, 0.4) is 0 Å². The minimum absolute atomic E-state index is 0.0423. The molecule has 0 bridgehead atoms. The summed E-state index contributed by atoms with van der Waals surface area (Å²) in [6.07, 6.45) is -0.292. The van der Waals surface area contributed by atoms with Crippen molar-refractivity contribution < 1.29 is 17.9 Å². The smallest absolute Gasteiger partial charge is 0.433 e. The fraction of sp³-hybridized carbons (Fsp3) is 0.421. The number of rotatable bonds is 5. The number of thiocarbonyl (C=S) groups is 1. The fourth-order valence-corrected chi connectivity index (χ4v) is 3.70. The second-order valence-corrected chi connectivity index (χ2v) is 7.19. The number of alkyl halides is 3. The lowest BCUT2D eigenvalue weighted by Gasteiger charge is -2.30. The molecule has 1 aromatic heterocycles. The Bertz CT molecular complexity index is 824. The number of hydrogen-bond donors (Lipinski definition) is 2. The summed E-state index contributed by atoms with van der Waals surface area (Å²) in [5.74, 6) is -0.450. The summed E-state index contributed by atoms with van der Waals surface area (Å²) in [7, 11) is 1.24. The SMILES string of the molecule is COc1cc(C(F)(F)F)nc(NC(=S)NCC2(c3ccccc3)CCCC2)n1. The van der Waals surface area contributed by atoms with Crippen molar-refractivity contribution in [2.45, 2.75) is 37.3 Å². The van der Waals surface area contributed by atoms with Crippen LogP contribution in [-0.2, 0) is 11.6 Å². The van der Waals surface area contributed by atoms with E-state index in [2.05, 4.69) is 32.7 Å². The van der Waals surface area contributed by atoms with E-state index >= 15 is 0 Å². The lowest BCUT2D eigenvalue weighted by atomic mass is 9.79. The van der Waals surface area contributed by atoms with Crippen molar-refractivity contribution in [1.29, 1.82) is 0 Å². The van der Waals surface area contributed by atoms with Crippen LogP contribution in [0.15, 0.2) is 36.4 Å². The van der Waals surface area contributed by atoms with Crippen LogP contribution in [0.1, 0.15) is 36.9 Å². The normalized spacial score (nSPS) is 15.9. The molecule has 5 nitrogen and oxygen atoms in total. The third-order valence-electron chi connectivity index (χ3n) is 4.96. The fourth-order valence-electron chi connectivity index (χ4n) is 3.54. The molecule has 0 aliphatic heterocycles. The molecule has 1 saturated carbocycles. The highest BCUT2D eigenvalue weighted by atomic mass is 32.1. The molecule has 0 radical (unpaired) electrons. The molecule has 28 heavy (non-hydrogen) atoms. The van der Waals surface area contributed by atoms with E-state index in [0.717, 1.165) is 31.7 Å². The molecule has 0 unspecified atom stereocenters. The first-order valence-corrected chi connectivity index (χ1v) is 9.34. The zero-order valence-corrected chi connectivity index (χ0v) is 16.2. The number of nitrogens with zero attached hydrogens (tertiary/aromatic N) is 2. The van der Waals surface area contributed by atoms with Crippen LogP contribution in [0.5, 0.6) is 5.88 Å². The Morgan fingerprint density at radius 3 is 2.46 bits per heavy atom. The van der Waals surface area contributed by atoms with Crippen molar-refractivity contribution in [2.24, 2.45) is 0 Å². The van der Waals surface area contributed by atoms with Crippen LogP contribution in [-0.4, -0.2) is 28.7 Å². The van der Waals surface area contributed by atoms with Gasteiger partial charge < -0.3 is 15.4 Å². The molecule has 1 fully saturated rings. The molecule has 1 heterocycles. The van der Waals surface area contributed by atoms with Crippen molar-refractivity contribution >= 4 is 23.3 Å². The van der Waals surface area contributed by atoms with Crippen molar-refractivity contribution in [3.05, 3.63) is 47.7 Å². The molecule has 3 rings (SSSR count). The second kappa shape index (κ2) is 8.30. The van der Waals surface area contributed by atoms with E-state index in [1.807, 2.05) is 18.2 Å². The van der Waals surface area contributed by atoms with Crippen LogP contribution in [0, 0.1) is 0 Å². The zero-order chi connectivity index (χ0) is 20.2. The predicted molar refractivity (Wildman–Crippen MR) is 104 cm³/mol. The quantitative estimate of drug-likeness (QED) is 0.717. The molecule has 9 heteroatoms. The van der Waals surface area contributed by atoms with Crippen LogP contribution in [0.2, 0.25) is 0 Å². The topological polar surface area (TPSA) is 59.1 Å². The average Bonchev–Trinajstić information content (AvgIpc) is 3.16. The van der Waals surface area contributed by atoms with Gasteiger partial charge in [0.1, 0.15) is 0 Å². The number of benzene rings is 1. The maximum Gasteiger partial charge on any atom is 0.433 e. The molecule has 2 N–H and O–H groups in total. The third-order valence-corrected chi connectivity index (χ3v) is 5.21. The number of aromatic nitrogens is 2.